The van der Waals surface area contributed by atoms with Crippen molar-refractivity contribution in [1.82, 2.24) is 4.90 Å². The van der Waals surface area contributed by atoms with Gasteiger partial charge in [0.1, 0.15) is 5.75 Å². The highest BCUT2D eigenvalue weighted by Crippen LogP contribution is 2.37. The molecular formula is C22H25NO4. The lowest BCUT2D eigenvalue weighted by atomic mass is 9.79. The molecule has 0 radical (unpaired) electrons. The second kappa shape index (κ2) is 7.33. The van der Waals surface area contributed by atoms with Gasteiger partial charge < -0.3 is 19.8 Å². The zero-order chi connectivity index (χ0) is 19.0. The molecule has 1 saturated carbocycles. The van der Waals surface area contributed by atoms with Crippen LogP contribution in [0.5, 0.6) is 5.75 Å². The lowest BCUT2D eigenvalue weighted by molar-refractivity contribution is -0.0372. The maximum atomic E-state index is 13.1. The van der Waals surface area contributed by atoms with Crippen LogP contribution in [0.25, 0.3) is 11.1 Å². The normalized spacial score (nSPS) is 27.3. The van der Waals surface area contributed by atoms with Gasteiger partial charge in [0.25, 0.3) is 5.91 Å². The number of amides is 1. The van der Waals surface area contributed by atoms with E-state index >= 15 is 0 Å². The monoisotopic (exact) mass is 367 g/mol. The highest BCUT2D eigenvalue weighted by Gasteiger charge is 2.42. The van der Waals surface area contributed by atoms with Crippen LogP contribution in [0, 0.1) is 11.8 Å². The van der Waals surface area contributed by atoms with Crippen LogP contribution < -0.4 is 4.74 Å². The van der Waals surface area contributed by atoms with Crippen molar-refractivity contribution in [3.05, 3.63) is 54.1 Å². The lowest BCUT2D eigenvalue weighted by Gasteiger charge is -2.31. The van der Waals surface area contributed by atoms with Crippen LogP contribution in [-0.4, -0.2) is 53.4 Å². The molecule has 2 aromatic rings. The predicted octanol–water partition coefficient (Wildman–Crippen LogP) is 2.57. The third kappa shape index (κ3) is 3.45. The van der Waals surface area contributed by atoms with Crippen molar-refractivity contribution in [3.63, 3.8) is 0 Å². The minimum Gasteiger partial charge on any atom is -0.496 e. The van der Waals surface area contributed by atoms with Gasteiger partial charge in [0.2, 0.25) is 0 Å². The molecule has 0 bridgehead atoms. The number of hydrogen-bond donors (Lipinski definition) is 2. The second-order valence-electron chi connectivity index (χ2n) is 7.62. The van der Waals surface area contributed by atoms with Crippen molar-refractivity contribution in [1.29, 1.82) is 0 Å². The van der Waals surface area contributed by atoms with Gasteiger partial charge >= 0.3 is 0 Å². The van der Waals surface area contributed by atoms with E-state index < -0.39 is 12.2 Å². The Morgan fingerprint density at radius 2 is 1.67 bits per heavy atom. The van der Waals surface area contributed by atoms with Crippen LogP contribution in [0.1, 0.15) is 23.2 Å². The molecule has 2 aromatic carbocycles. The lowest BCUT2D eigenvalue weighted by Crippen LogP contribution is -2.38. The summed E-state index contributed by atoms with van der Waals surface area (Å²) < 4.78 is 5.44. The van der Waals surface area contributed by atoms with Gasteiger partial charge in [-0.25, -0.2) is 0 Å². The average Bonchev–Trinajstić information content (AvgIpc) is 3.10. The van der Waals surface area contributed by atoms with Gasteiger partial charge in [-0.3, -0.25) is 4.79 Å². The first-order valence-electron chi connectivity index (χ1n) is 9.45. The standard InChI is InChI=1S/C22H25NO4/c1-27-21-8-3-2-7-18(21)14-5-4-6-15(9-14)22(26)23-12-16-10-19(24)20(25)11-17(16)13-23/h2-9,16-17,19-20,24-25H,10-13H2,1H3. The number of likely N-dealkylation sites (tertiary alicyclic amines) is 1. The van der Waals surface area contributed by atoms with Gasteiger partial charge in [0, 0.05) is 24.2 Å². The number of para-hydroxylation sites is 1. The Labute approximate surface area is 159 Å². The Morgan fingerprint density at radius 3 is 2.33 bits per heavy atom. The van der Waals surface area contributed by atoms with Gasteiger partial charge in [-0.05, 0) is 48.4 Å². The summed E-state index contributed by atoms with van der Waals surface area (Å²) in [6.45, 7) is 1.29. The van der Waals surface area contributed by atoms with Gasteiger partial charge in [-0.15, -0.1) is 0 Å². The van der Waals surface area contributed by atoms with Crippen LogP contribution in [0.15, 0.2) is 48.5 Å². The zero-order valence-electron chi connectivity index (χ0n) is 15.4. The zero-order valence-corrected chi connectivity index (χ0v) is 15.4. The molecule has 5 heteroatoms. The number of fused-ring (bicyclic) bond motifs is 1. The Hall–Kier alpha value is -2.37. The maximum absolute atomic E-state index is 13.1. The molecule has 1 aliphatic carbocycles. The first-order valence-corrected chi connectivity index (χ1v) is 9.45. The number of carbonyl (C=O) groups excluding carboxylic acids is 1. The summed E-state index contributed by atoms with van der Waals surface area (Å²) >= 11 is 0. The van der Waals surface area contributed by atoms with E-state index in [1.165, 1.54) is 0 Å². The predicted molar refractivity (Wildman–Crippen MR) is 103 cm³/mol. The summed E-state index contributed by atoms with van der Waals surface area (Å²) in [6.07, 6.45) is -0.210. The van der Waals surface area contributed by atoms with Crippen molar-refractivity contribution in [2.75, 3.05) is 20.2 Å². The van der Waals surface area contributed by atoms with Crippen molar-refractivity contribution in [2.24, 2.45) is 11.8 Å². The first-order chi connectivity index (χ1) is 13.1. The molecule has 27 heavy (non-hydrogen) atoms. The molecule has 2 aliphatic rings. The molecule has 4 rings (SSSR count). The number of hydrogen-bond acceptors (Lipinski definition) is 4. The number of ether oxygens (including phenoxy) is 1. The van der Waals surface area contributed by atoms with Crippen LogP contribution >= 0.6 is 0 Å². The third-order valence-electron chi connectivity index (χ3n) is 5.92. The van der Waals surface area contributed by atoms with Gasteiger partial charge in [0.05, 0.1) is 19.3 Å². The van der Waals surface area contributed by atoms with Gasteiger partial charge in [-0.1, -0.05) is 30.3 Å². The molecule has 1 amide bonds. The Bertz CT molecular complexity index is 819. The first kappa shape index (κ1) is 18.0. The number of aliphatic hydroxyl groups is 2. The third-order valence-corrected chi connectivity index (χ3v) is 5.92. The van der Waals surface area contributed by atoms with Crippen LogP contribution in [0.3, 0.4) is 0 Å². The molecule has 4 unspecified atom stereocenters. The number of carbonyl (C=O) groups is 1. The summed E-state index contributed by atoms with van der Waals surface area (Å²) in [5.41, 5.74) is 2.55. The number of nitrogens with zero attached hydrogens (tertiary/aromatic N) is 1. The van der Waals surface area contributed by atoms with E-state index in [1.54, 1.807) is 7.11 Å². The van der Waals surface area contributed by atoms with Crippen molar-refractivity contribution in [3.8, 4) is 16.9 Å². The molecule has 0 spiro atoms. The summed E-state index contributed by atoms with van der Waals surface area (Å²) in [7, 11) is 1.64. The fourth-order valence-electron chi connectivity index (χ4n) is 4.46. The number of rotatable bonds is 3. The number of methoxy groups -OCH3 is 1. The highest BCUT2D eigenvalue weighted by molar-refractivity contribution is 5.96. The number of benzene rings is 2. The fraction of sp³-hybridized carbons (Fsp3) is 0.409. The van der Waals surface area contributed by atoms with E-state index in [0.29, 0.717) is 31.5 Å². The van der Waals surface area contributed by atoms with E-state index in [0.717, 1.165) is 16.9 Å². The Morgan fingerprint density at radius 1 is 1.00 bits per heavy atom. The van der Waals surface area contributed by atoms with Gasteiger partial charge in [-0.2, -0.15) is 0 Å². The Kier molecular flexibility index (Phi) is 4.89. The quantitative estimate of drug-likeness (QED) is 0.875. The van der Waals surface area contributed by atoms with Crippen LogP contribution in [0.4, 0.5) is 0 Å². The van der Waals surface area contributed by atoms with E-state index in [4.69, 9.17) is 4.74 Å². The van der Waals surface area contributed by atoms with Crippen molar-refractivity contribution in [2.45, 2.75) is 25.0 Å². The summed E-state index contributed by atoms with van der Waals surface area (Å²) in [6, 6.07) is 15.4. The van der Waals surface area contributed by atoms with Crippen LogP contribution in [-0.2, 0) is 0 Å². The minimum atomic E-state index is -0.671. The van der Waals surface area contributed by atoms with E-state index in [9.17, 15) is 15.0 Å². The highest BCUT2D eigenvalue weighted by atomic mass is 16.5. The second-order valence-corrected chi connectivity index (χ2v) is 7.62. The molecule has 4 atom stereocenters. The summed E-state index contributed by atoms with van der Waals surface area (Å²) in [5.74, 6) is 1.32. The SMILES string of the molecule is COc1ccccc1-c1cccc(C(=O)N2CC3CC(O)C(O)CC3C2)c1. The van der Waals surface area contributed by atoms with Crippen molar-refractivity contribution < 1.29 is 19.7 Å². The van der Waals surface area contributed by atoms with E-state index in [-0.39, 0.29) is 17.7 Å². The smallest absolute Gasteiger partial charge is 0.253 e. The minimum absolute atomic E-state index is 0.00475. The summed E-state index contributed by atoms with van der Waals surface area (Å²) in [4.78, 5) is 14.9. The molecule has 0 aromatic heterocycles. The average molecular weight is 367 g/mol. The topological polar surface area (TPSA) is 70.0 Å². The Balaban J connectivity index is 1.55. The van der Waals surface area contributed by atoms with Crippen molar-refractivity contribution >= 4 is 5.91 Å². The molecule has 1 saturated heterocycles. The molecule has 2 fully saturated rings. The van der Waals surface area contributed by atoms with E-state index in [2.05, 4.69) is 0 Å². The molecule has 1 aliphatic heterocycles. The van der Waals surface area contributed by atoms with Crippen LogP contribution in [0.2, 0.25) is 0 Å². The van der Waals surface area contributed by atoms with Gasteiger partial charge in [0.15, 0.2) is 0 Å². The molecular weight excluding hydrogens is 342 g/mol. The molecule has 1 heterocycles. The van der Waals surface area contributed by atoms with E-state index in [1.807, 2.05) is 53.4 Å². The molecule has 5 nitrogen and oxygen atoms in total. The number of aliphatic hydroxyl groups excluding tert-OH is 2. The fourth-order valence-corrected chi connectivity index (χ4v) is 4.46. The molecule has 2 N–H and O–H groups in total. The maximum Gasteiger partial charge on any atom is 0.253 e. The molecule has 142 valence electrons. The summed E-state index contributed by atoms with van der Waals surface area (Å²) in [5, 5.41) is 19.8. The largest absolute Gasteiger partial charge is 0.496 e.